The molecule has 1 aromatic heterocycles. The average Bonchev–Trinajstić information content (AvgIpc) is 3.13. The molecule has 26 heavy (non-hydrogen) atoms. The fourth-order valence-corrected chi connectivity index (χ4v) is 2.66. The molecule has 1 amide bonds. The molecule has 2 aromatic carbocycles. The predicted octanol–water partition coefficient (Wildman–Crippen LogP) is 3.63. The minimum atomic E-state index is -0.427. The van der Waals surface area contributed by atoms with E-state index in [-0.39, 0.29) is 5.91 Å². The molecule has 3 rings (SSSR count). The Kier molecular flexibility index (Phi) is 5.49. The van der Waals surface area contributed by atoms with Crippen LogP contribution in [-0.4, -0.2) is 26.2 Å². The summed E-state index contributed by atoms with van der Waals surface area (Å²) in [7, 11) is 3.79. The number of hydrogen-bond donors (Lipinski definition) is 1. The number of nitrogens with zero attached hydrogens (tertiary/aromatic N) is 2. The van der Waals surface area contributed by atoms with Crippen molar-refractivity contribution in [3.05, 3.63) is 89.7 Å². The van der Waals surface area contributed by atoms with Crippen LogP contribution in [0.2, 0.25) is 0 Å². The van der Waals surface area contributed by atoms with Crippen LogP contribution in [0.25, 0.3) is 0 Å². The van der Waals surface area contributed by atoms with E-state index in [0.717, 1.165) is 17.0 Å². The van der Waals surface area contributed by atoms with Gasteiger partial charge in [0.15, 0.2) is 5.88 Å². The quantitative estimate of drug-likeness (QED) is 0.547. The lowest BCUT2D eigenvalue weighted by Gasteiger charge is -2.16. The zero-order valence-electron chi connectivity index (χ0n) is 14.8. The molecule has 0 aliphatic rings. The van der Waals surface area contributed by atoms with Crippen LogP contribution in [0.5, 0.6) is 0 Å². The zero-order chi connectivity index (χ0) is 18.4. The molecule has 0 bridgehead atoms. The minimum Gasteiger partial charge on any atom is -0.440 e. The number of carbonyl (C=O) groups excluding carboxylic acids is 1. The molecule has 5 nitrogen and oxygen atoms in total. The van der Waals surface area contributed by atoms with Gasteiger partial charge in [0.2, 0.25) is 0 Å². The molecule has 0 aliphatic carbocycles. The van der Waals surface area contributed by atoms with Crippen LogP contribution >= 0.6 is 0 Å². The number of carbonyl (C=O) groups is 1. The van der Waals surface area contributed by atoms with E-state index in [9.17, 15) is 4.79 Å². The normalized spacial score (nSPS) is 11.0. The standard InChI is InChI=1S/C21H21N3O2/c1-24(2)19-14-13-18(26-19)15-22-23-21(25)20(16-9-5-3-6-10-16)17-11-7-4-8-12-17/h3-15,20H,1-2H3,(H,23,25). The van der Waals surface area contributed by atoms with Gasteiger partial charge in [0, 0.05) is 20.2 Å². The molecule has 0 aliphatic heterocycles. The predicted molar refractivity (Wildman–Crippen MR) is 103 cm³/mol. The minimum absolute atomic E-state index is 0.196. The van der Waals surface area contributed by atoms with E-state index in [2.05, 4.69) is 10.5 Å². The highest BCUT2D eigenvalue weighted by molar-refractivity contribution is 5.88. The highest BCUT2D eigenvalue weighted by atomic mass is 16.4. The molecule has 132 valence electrons. The van der Waals surface area contributed by atoms with Crippen LogP contribution in [0.1, 0.15) is 22.8 Å². The van der Waals surface area contributed by atoms with E-state index >= 15 is 0 Å². The third-order valence-corrected chi connectivity index (χ3v) is 3.95. The van der Waals surface area contributed by atoms with Gasteiger partial charge in [-0.15, -0.1) is 0 Å². The molecular formula is C21H21N3O2. The van der Waals surface area contributed by atoms with Gasteiger partial charge >= 0.3 is 0 Å². The van der Waals surface area contributed by atoms with Gasteiger partial charge in [0.25, 0.3) is 5.91 Å². The van der Waals surface area contributed by atoms with Crippen LogP contribution in [-0.2, 0) is 4.79 Å². The molecule has 0 radical (unpaired) electrons. The van der Waals surface area contributed by atoms with Gasteiger partial charge < -0.3 is 9.32 Å². The first kappa shape index (κ1) is 17.5. The Labute approximate surface area is 153 Å². The summed E-state index contributed by atoms with van der Waals surface area (Å²) in [4.78, 5) is 14.6. The first-order chi connectivity index (χ1) is 12.6. The van der Waals surface area contributed by atoms with Gasteiger partial charge in [-0.2, -0.15) is 5.10 Å². The van der Waals surface area contributed by atoms with E-state index < -0.39 is 5.92 Å². The second kappa shape index (κ2) is 8.16. The number of nitrogens with one attached hydrogen (secondary N) is 1. The van der Waals surface area contributed by atoms with Crippen molar-refractivity contribution in [3.63, 3.8) is 0 Å². The maximum Gasteiger partial charge on any atom is 0.252 e. The smallest absolute Gasteiger partial charge is 0.252 e. The second-order valence-electron chi connectivity index (χ2n) is 6.06. The molecule has 0 saturated carbocycles. The van der Waals surface area contributed by atoms with Gasteiger partial charge in [0.1, 0.15) is 5.76 Å². The highest BCUT2D eigenvalue weighted by Crippen LogP contribution is 2.24. The first-order valence-electron chi connectivity index (χ1n) is 8.35. The number of hydrazone groups is 1. The van der Waals surface area contributed by atoms with E-state index in [0.29, 0.717) is 5.76 Å². The summed E-state index contributed by atoms with van der Waals surface area (Å²) in [5, 5.41) is 4.05. The van der Waals surface area contributed by atoms with E-state index in [4.69, 9.17) is 4.42 Å². The van der Waals surface area contributed by atoms with Crippen molar-refractivity contribution >= 4 is 18.0 Å². The summed E-state index contributed by atoms with van der Waals surface area (Å²) in [5.74, 6) is 0.677. The van der Waals surface area contributed by atoms with Crippen LogP contribution in [0.4, 0.5) is 5.88 Å². The van der Waals surface area contributed by atoms with Gasteiger partial charge in [-0.1, -0.05) is 60.7 Å². The summed E-state index contributed by atoms with van der Waals surface area (Å²) in [6, 6.07) is 23.0. The van der Waals surface area contributed by atoms with E-state index in [1.807, 2.05) is 85.7 Å². The second-order valence-corrected chi connectivity index (χ2v) is 6.06. The van der Waals surface area contributed by atoms with Crippen LogP contribution in [0.3, 0.4) is 0 Å². The van der Waals surface area contributed by atoms with Crippen molar-refractivity contribution in [1.82, 2.24) is 5.43 Å². The Morgan fingerprint density at radius 3 is 2.04 bits per heavy atom. The monoisotopic (exact) mass is 347 g/mol. The van der Waals surface area contributed by atoms with Crippen molar-refractivity contribution in [3.8, 4) is 0 Å². The molecule has 0 fully saturated rings. The van der Waals surface area contributed by atoms with Crippen molar-refractivity contribution in [1.29, 1.82) is 0 Å². The topological polar surface area (TPSA) is 57.8 Å². The number of benzene rings is 2. The fraction of sp³-hybridized carbons (Fsp3) is 0.143. The van der Waals surface area contributed by atoms with Crippen molar-refractivity contribution in [2.45, 2.75) is 5.92 Å². The summed E-state index contributed by atoms with van der Waals surface area (Å²) < 4.78 is 5.58. The zero-order valence-corrected chi connectivity index (χ0v) is 14.8. The average molecular weight is 347 g/mol. The molecule has 0 saturated heterocycles. The number of hydrogen-bond acceptors (Lipinski definition) is 4. The molecule has 0 unspecified atom stereocenters. The molecule has 1 N–H and O–H groups in total. The third kappa shape index (κ3) is 4.19. The van der Waals surface area contributed by atoms with Crippen LogP contribution in [0, 0.1) is 0 Å². The molecular weight excluding hydrogens is 326 g/mol. The number of amides is 1. The number of anilines is 1. The Balaban J connectivity index is 1.76. The van der Waals surface area contributed by atoms with Crippen LogP contribution < -0.4 is 10.3 Å². The molecule has 1 heterocycles. The Morgan fingerprint density at radius 1 is 0.962 bits per heavy atom. The maximum atomic E-state index is 12.8. The largest absolute Gasteiger partial charge is 0.440 e. The fourth-order valence-electron chi connectivity index (χ4n) is 2.66. The summed E-state index contributed by atoms with van der Waals surface area (Å²) >= 11 is 0. The lowest BCUT2D eigenvalue weighted by molar-refractivity contribution is -0.121. The first-order valence-corrected chi connectivity index (χ1v) is 8.35. The van der Waals surface area contributed by atoms with Gasteiger partial charge in [0.05, 0.1) is 12.1 Å². The maximum absolute atomic E-state index is 12.8. The molecule has 5 heteroatoms. The van der Waals surface area contributed by atoms with E-state index in [1.165, 1.54) is 6.21 Å². The highest BCUT2D eigenvalue weighted by Gasteiger charge is 2.22. The van der Waals surface area contributed by atoms with Crippen molar-refractivity contribution < 1.29 is 9.21 Å². The summed E-state index contributed by atoms with van der Waals surface area (Å²) in [5.41, 5.74) is 4.46. The van der Waals surface area contributed by atoms with Gasteiger partial charge in [-0.05, 0) is 17.2 Å². The number of furan rings is 1. The van der Waals surface area contributed by atoms with Crippen LogP contribution in [0.15, 0.2) is 82.3 Å². The lowest BCUT2D eigenvalue weighted by Crippen LogP contribution is -2.26. The molecule has 0 spiro atoms. The Hall–Kier alpha value is -3.34. The van der Waals surface area contributed by atoms with Crippen molar-refractivity contribution in [2.75, 3.05) is 19.0 Å². The molecule has 3 aromatic rings. The van der Waals surface area contributed by atoms with E-state index in [1.54, 1.807) is 6.07 Å². The SMILES string of the molecule is CN(C)c1ccc(C=NNC(=O)C(c2ccccc2)c2ccccc2)o1. The third-order valence-electron chi connectivity index (χ3n) is 3.95. The number of rotatable bonds is 6. The van der Waals surface area contributed by atoms with Crippen molar-refractivity contribution in [2.24, 2.45) is 5.10 Å². The lowest BCUT2D eigenvalue weighted by atomic mass is 9.91. The molecule has 0 atom stereocenters. The Bertz CT molecular complexity index is 831. The summed E-state index contributed by atoms with van der Waals surface area (Å²) in [6.45, 7) is 0. The van der Waals surface area contributed by atoms with Gasteiger partial charge in [-0.3, -0.25) is 4.79 Å². The van der Waals surface area contributed by atoms with Gasteiger partial charge in [-0.25, -0.2) is 5.43 Å². The summed E-state index contributed by atoms with van der Waals surface area (Å²) in [6.07, 6.45) is 1.50. The Morgan fingerprint density at radius 2 is 1.54 bits per heavy atom.